The molecule has 1 aliphatic heterocycles. The van der Waals surface area contributed by atoms with Crippen molar-refractivity contribution in [2.24, 2.45) is 0 Å². The van der Waals surface area contributed by atoms with Crippen molar-refractivity contribution in [3.05, 3.63) is 29.8 Å². The van der Waals surface area contributed by atoms with Crippen LogP contribution in [0.3, 0.4) is 0 Å². The molecule has 122 valence electrons. The summed E-state index contributed by atoms with van der Waals surface area (Å²) in [6.07, 6.45) is 0.952. The molecule has 4 nitrogen and oxygen atoms in total. The highest BCUT2D eigenvalue weighted by Gasteiger charge is 2.24. The summed E-state index contributed by atoms with van der Waals surface area (Å²) < 4.78 is 0. The second-order valence-corrected chi connectivity index (χ2v) is 6.81. The Morgan fingerprint density at radius 1 is 1.23 bits per heavy atom. The molecule has 1 aromatic rings. The number of carbonyl (C=O) groups is 1. The fraction of sp³-hybridized carbons (Fsp3) is 0.588. The van der Waals surface area contributed by atoms with Crippen LogP contribution in [0.2, 0.25) is 0 Å². The van der Waals surface area contributed by atoms with Crippen molar-refractivity contribution in [2.45, 2.75) is 31.2 Å². The maximum absolute atomic E-state index is 12.3. The average Bonchev–Trinajstić information content (AvgIpc) is 2.56. The quantitative estimate of drug-likeness (QED) is 0.814. The number of aryl methyl sites for hydroxylation is 1. The van der Waals surface area contributed by atoms with Crippen LogP contribution in [0.15, 0.2) is 29.2 Å². The first kappa shape index (κ1) is 17.3. The van der Waals surface area contributed by atoms with E-state index >= 15 is 0 Å². The van der Waals surface area contributed by atoms with E-state index in [2.05, 4.69) is 43.0 Å². The molecule has 1 atom stereocenters. The Morgan fingerprint density at radius 2 is 1.86 bits per heavy atom. The number of hydrogen-bond donors (Lipinski definition) is 1. The second-order valence-electron chi connectivity index (χ2n) is 5.76. The third kappa shape index (κ3) is 4.73. The van der Waals surface area contributed by atoms with Gasteiger partial charge in [0, 0.05) is 37.1 Å². The minimum Gasteiger partial charge on any atom is -0.395 e. The van der Waals surface area contributed by atoms with Gasteiger partial charge in [-0.1, -0.05) is 24.6 Å². The van der Waals surface area contributed by atoms with Crippen molar-refractivity contribution in [3.63, 3.8) is 0 Å². The van der Waals surface area contributed by atoms with E-state index in [1.807, 2.05) is 4.90 Å². The minimum absolute atomic E-state index is 0.202. The van der Waals surface area contributed by atoms with Crippen LogP contribution in [-0.4, -0.2) is 65.4 Å². The third-order valence-electron chi connectivity index (χ3n) is 4.25. The Morgan fingerprint density at radius 3 is 2.41 bits per heavy atom. The molecule has 2 rings (SSSR count). The standard InChI is InChI=1S/C17H26N2O2S/c1-3-15(12-20)18-8-10-19(11-9-18)17(21)13-22-16-6-4-14(2)5-7-16/h4-7,15,20H,3,8-13H2,1-2H3. The molecule has 0 aliphatic carbocycles. The second kappa shape index (κ2) is 8.56. The molecule has 1 saturated heterocycles. The summed E-state index contributed by atoms with van der Waals surface area (Å²) in [5.74, 6) is 0.711. The molecule has 1 aromatic carbocycles. The van der Waals surface area contributed by atoms with Crippen LogP contribution in [0.4, 0.5) is 0 Å². The molecule has 1 fully saturated rings. The summed E-state index contributed by atoms with van der Waals surface area (Å²) in [5.41, 5.74) is 1.24. The average molecular weight is 322 g/mol. The molecule has 5 heteroatoms. The molecule has 1 heterocycles. The lowest BCUT2D eigenvalue weighted by Crippen LogP contribution is -2.53. The number of aliphatic hydroxyl groups excluding tert-OH is 1. The molecule has 1 amide bonds. The number of benzene rings is 1. The molecule has 1 unspecified atom stereocenters. The lowest BCUT2D eigenvalue weighted by atomic mass is 10.1. The fourth-order valence-corrected chi connectivity index (χ4v) is 3.51. The zero-order chi connectivity index (χ0) is 15.9. The van der Waals surface area contributed by atoms with Crippen molar-refractivity contribution in [1.82, 2.24) is 9.80 Å². The summed E-state index contributed by atoms with van der Waals surface area (Å²) in [6.45, 7) is 7.62. The number of amides is 1. The van der Waals surface area contributed by atoms with Gasteiger partial charge < -0.3 is 10.0 Å². The van der Waals surface area contributed by atoms with E-state index in [4.69, 9.17) is 0 Å². The maximum Gasteiger partial charge on any atom is 0.233 e. The van der Waals surface area contributed by atoms with Crippen LogP contribution in [0.5, 0.6) is 0 Å². The van der Waals surface area contributed by atoms with Gasteiger partial charge in [0.2, 0.25) is 5.91 Å². The Hall–Kier alpha value is -1.04. The van der Waals surface area contributed by atoms with Crippen molar-refractivity contribution in [3.8, 4) is 0 Å². The van der Waals surface area contributed by atoms with Crippen LogP contribution in [0.25, 0.3) is 0 Å². The highest BCUT2D eigenvalue weighted by molar-refractivity contribution is 8.00. The smallest absolute Gasteiger partial charge is 0.233 e. The van der Waals surface area contributed by atoms with Gasteiger partial charge in [-0.15, -0.1) is 11.8 Å². The lowest BCUT2D eigenvalue weighted by molar-refractivity contribution is -0.130. The molecule has 0 saturated carbocycles. The number of piperazine rings is 1. The predicted molar refractivity (Wildman–Crippen MR) is 91.2 cm³/mol. The zero-order valence-electron chi connectivity index (χ0n) is 13.5. The summed E-state index contributed by atoms with van der Waals surface area (Å²) in [4.78, 5) is 17.7. The first-order valence-corrected chi connectivity index (χ1v) is 8.94. The van der Waals surface area contributed by atoms with Gasteiger partial charge in [-0.2, -0.15) is 0 Å². The zero-order valence-corrected chi connectivity index (χ0v) is 14.3. The number of thioether (sulfide) groups is 1. The van der Waals surface area contributed by atoms with Gasteiger partial charge >= 0.3 is 0 Å². The highest BCUT2D eigenvalue weighted by Crippen LogP contribution is 2.19. The molecule has 1 aliphatic rings. The molecular weight excluding hydrogens is 296 g/mol. The first-order chi connectivity index (χ1) is 10.6. The highest BCUT2D eigenvalue weighted by atomic mass is 32.2. The Bertz CT molecular complexity index is 466. The van der Waals surface area contributed by atoms with E-state index in [1.165, 1.54) is 5.56 Å². The Kier molecular flexibility index (Phi) is 6.73. The molecular formula is C17H26N2O2S. The van der Waals surface area contributed by atoms with Gasteiger partial charge in [0.25, 0.3) is 0 Å². The SMILES string of the molecule is CCC(CO)N1CCN(C(=O)CSc2ccc(C)cc2)CC1. The first-order valence-electron chi connectivity index (χ1n) is 7.96. The van der Waals surface area contributed by atoms with Crippen LogP contribution >= 0.6 is 11.8 Å². The summed E-state index contributed by atoms with van der Waals surface area (Å²) in [6, 6.07) is 8.52. The van der Waals surface area contributed by atoms with Crippen LogP contribution in [0.1, 0.15) is 18.9 Å². The number of carbonyl (C=O) groups excluding carboxylic acids is 1. The van der Waals surface area contributed by atoms with Crippen LogP contribution < -0.4 is 0 Å². The third-order valence-corrected chi connectivity index (χ3v) is 5.25. The molecule has 22 heavy (non-hydrogen) atoms. The minimum atomic E-state index is 0.202. The van der Waals surface area contributed by atoms with E-state index in [1.54, 1.807) is 11.8 Å². The van der Waals surface area contributed by atoms with E-state index in [0.717, 1.165) is 37.5 Å². The normalized spacial score (nSPS) is 17.5. The summed E-state index contributed by atoms with van der Waals surface area (Å²) >= 11 is 1.60. The molecule has 0 radical (unpaired) electrons. The Labute approximate surface area is 137 Å². The Balaban J connectivity index is 1.76. The molecule has 0 spiro atoms. The monoisotopic (exact) mass is 322 g/mol. The van der Waals surface area contributed by atoms with Crippen molar-refractivity contribution in [1.29, 1.82) is 0 Å². The van der Waals surface area contributed by atoms with E-state index in [0.29, 0.717) is 5.75 Å². The van der Waals surface area contributed by atoms with Gasteiger partial charge in [0.05, 0.1) is 12.4 Å². The van der Waals surface area contributed by atoms with Crippen LogP contribution in [-0.2, 0) is 4.79 Å². The predicted octanol–water partition coefficient (Wildman–Crippen LogP) is 2.00. The topological polar surface area (TPSA) is 43.8 Å². The fourth-order valence-electron chi connectivity index (χ4n) is 2.71. The molecule has 1 N–H and O–H groups in total. The van der Waals surface area contributed by atoms with Gasteiger partial charge in [0.1, 0.15) is 0 Å². The van der Waals surface area contributed by atoms with E-state index < -0.39 is 0 Å². The van der Waals surface area contributed by atoms with Gasteiger partial charge in [0.15, 0.2) is 0 Å². The summed E-state index contributed by atoms with van der Waals surface area (Å²) in [7, 11) is 0. The van der Waals surface area contributed by atoms with Crippen molar-refractivity contribution in [2.75, 3.05) is 38.5 Å². The molecule has 0 bridgehead atoms. The number of aliphatic hydroxyl groups is 1. The largest absolute Gasteiger partial charge is 0.395 e. The van der Waals surface area contributed by atoms with Gasteiger partial charge in [-0.25, -0.2) is 0 Å². The van der Waals surface area contributed by atoms with E-state index in [-0.39, 0.29) is 18.6 Å². The summed E-state index contributed by atoms with van der Waals surface area (Å²) in [5, 5.41) is 9.36. The van der Waals surface area contributed by atoms with Crippen molar-refractivity contribution >= 4 is 17.7 Å². The lowest BCUT2D eigenvalue weighted by Gasteiger charge is -2.38. The number of nitrogens with zero attached hydrogens (tertiary/aromatic N) is 2. The van der Waals surface area contributed by atoms with E-state index in [9.17, 15) is 9.90 Å². The number of hydrogen-bond acceptors (Lipinski definition) is 4. The van der Waals surface area contributed by atoms with Gasteiger partial charge in [-0.05, 0) is 25.5 Å². The molecule has 0 aromatic heterocycles. The van der Waals surface area contributed by atoms with Crippen LogP contribution in [0, 0.1) is 6.92 Å². The van der Waals surface area contributed by atoms with Crippen molar-refractivity contribution < 1.29 is 9.90 Å². The number of rotatable bonds is 6. The van der Waals surface area contributed by atoms with Gasteiger partial charge in [-0.3, -0.25) is 9.69 Å². The maximum atomic E-state index is 12.3.